The van der Waals surface area contributed by atoms with Gasteiger partial charge in [0.1, 0.15) is 0 Å². The zero-order valence-electron chi connectivity index (χ0n) is 52.4. The van der Waals surface area contributed by atoms with Crippen LogP contribution >= 0.6 is 0 Å². The van der Waals surface area contributed by atoms with Crippen LogP contribution in [-0.2, 0) is 25.7 Å². The first-order valence-electron chi connectivity index (χ1n) is 32.9. The summed E-state index contributed by atoms with van der Waals surface area (Å²) in [5.74, 6) is 1.45. The summed E-state index contributed by atoms with van der Waals surface area (Å²) in [6.45, 7) is 18.7. The van der Waals surface area contributed by atoms with Crippen LogP contribution in [0.1, 0.15) is 149 Å². The lowest BCUT2D eigenvalue weighted by molar-refractivity contribution is 0.686. The van der Waals surface area contributed by atoms with Crippen molar-refractivity contribution in [3.63, 3.8) is 0 Å². The van der Waals surface area contributed by atoms with Crippen molar-refractivity contribution in [2.24, 2.45) is 0 Å². The molecule has 4 nitrogen and oxygen atoms in total. The second-order valence-electron chi connectivity index (χ2n) is 26.9. The number of fused-ring (bicyclic) bond motifs is 8. The zero-order chi connectivity index (χ0) is 59.6. The zero-order valence-corrected chi connectivity index (χ0v) is 52.4. The maximum Gasteiger partial charge on any atom is 0.0543 e. The number of rotatable bonds is 12. The maximum atomic E-state index is 2.68. The minimum absolute atomic E-state index is 0.260. The van der Waals surface area contributed by atoms with Crippen molar-refractivity contribution in [3.8, 4) is 11.4 Å². The van der Waals surface area contributed by atoms with Crippen LogP contribution in [0.2, 0.25) is 0 Å². The first kappa shape index (κ1) is 54.3. The van der Waals surface area contributed by atoms with Gasteiger partial charge in [-0.05, 0) is 238 Å². The Labute approximate surface area is 518 Å². The minimum atomic E-state index is 0.260. The van der Waals surface area contributed by atoms with E-state index >= 15 is 0 Å². The molecule has 0 spiro atoms. The largest absolute Gasteiger partial charge is 0.310 e. The molecule has 2 heterocycles. The summed E-state index contributed by atoms with van der Waals surface area (Å²) >= 11 is 0. The number of aryl methyl sites for hydroxylation is 2. The third kappa shape index (κ3) is 8.60. The molecule has 0 radical (unpaired) electrons. The van der Waals surface area contributed by atoms with Gasteiger partial charge in [0.2, 0.25) is 0 Å². The van der Waals surface area contributed by atoms with E-state index < -0.39 is 0 Å². The molecular weight excluding hydrogens is 1060 g/mol. The van der Waals surface area contributed by atoms with Gasteiger partial charge in [0.25, 0.3) is 0 Å². The van der Waals surface area contributed by atoms with Crippen molar-refractivity contribution < 1.29 is 0 Å². The Hall–Kier alpha value is -9.12. The molecule has 0 unspecified atom stereocenters. The van der Waals surface area contributed by atoms with Crippen molar-refractivity contribution in [2.45, 2.75) is 130 Å². The summed E-state index contributed by atoms with van der Waals surface area (Å²) in [4.78, 5) is 5.37. The fraction of sp³-hybridized carbons (Fsp3) is 0.238. The Kier molecular flexibility index (Phi) is 13.2. The van der Waals surface area contributed by atoms with Gasteiger partial charge >= 0.3 is 0 Å². The number of hydrogen-bond acceptors (Lipinski definition) is 2. The topological polar surface area (TPSA) is 16.3 Å². The minimum Gasteiger partial charge on any atom is -0.310 e. The molecule has 88 heavy (non-hydrogen) atoms. The van der Waals surface area contributed by atoms with Crippen LogP contribution in [0.4, 0.5) is 34.1 Å². The van der Waals surface area contributed by atoms with Crippen LogP contribution in [0, 0.1) is 0 Å². The molecular formula is C84H78N4. The number of para-hydroxylation sites is 2. The Morgan fingerprint density at radius 2 is 0.682 bits per heavy atom. The van der Waals surface area contributed by atoms with Gasteiger partial charge < -0.3 is 18.9 Å². The van der Waals surface area contributed by atoms with E-state index in [1.54, 1.807) is 0 Å². The van der Waals surface area contributed by atoms with Crippen LogP contribution in [0.15, 0.2) is 206 Å². The maximum absolute atomic E-state index is 2.68. The highest BCUT2D eigenvalue weighted by Crippen LogP contribution is 2.54. The highest BCUT2D eigenvalue weighted by molar-refractivity contribution is 6.30. The Morgan fingerprint density at radius 3 is 1.09 bits per heavy atom. The van der Waals surface area contributed by atoms with Crippen LogP contribution < -0.4 is 9.80 Å². The number of hydrogen-bond donors (Lipinski definition) is 0. The van der Waals surface area contributed by atoms with E-state index in [0.29, 0.717) is 11.8 Å². The van der Waals surface area contributed by atoms with Gasteiger partial charge in [-0.3, -0.25) is 0 Å². The van der Waals surface area contributed by atoms with E-state index in [-0.39, 0.29) is 11.8 Å². The van der Waals surface area contributed by atoms with Crippen LogP contribution in [-0.4, -0.2) is 9.13 Å². The summed E-state index contributed by atoms with van der Waals surface area (Å²) in [6, 6.07) is 80.6. The first-order valence-corrected chi connectivity index (χ1v) is 32.9. The SMILES string of the molecule is CC(C)c1ccc(-n2c3ccccc3c3cc(N(c4cccc5c4CCCC5)c4cc(C(C)C)c5ccc6c(N(c7ccc8c(c7)c7ccccc7n8-c7ccc(C(C)C)cc7)c7cccc8c7CCCC8)cc(C(C)C)c7ccc4c5c76)ccc32)cc1. The molecule has 0 N–H and O–H groups in total. The van der Waals surface area contributed by atoms with Gasteiger partial charge in [-0.25, -0.2) is 0 Å². The monoisotopic (exact) mass is 1140 g/mol. The Morgan fingerprint density at radius 1 is 0.295 bits per heavy atom. The number of benzene rings is 12. The molecule has 0 aliphatic heterocycles. The summed E-state index contributed by atoms with van der Waals surface area (Å²) in [5, 5.41) is 13.0. The predicted molar refractivity (Wildman–Crippen MR) is 378 cm³/mol. The van der Waals surface area contributed by atoms with E-state index in [2.05, 4.69) is 281 Å². The fourth-order valence-electron chi connectivity index (χ4n) is 15.9. The van der Waals surface area contributed by atoms with Crippen molar-refractivity contribution in [2.75, 3.05) is 9.80 Å². The second-order valence-corrected chi connectivity index (χ2v) is 26.9. The highest BCUT2D eigenvalue weighted by Gasteiger charge is 2.30. The van der Waals surface area contributed by atoms with E-state index in [9.17, 15) is 0 Å². The normalized spacial score (nSPS) is 13.7. The third-order valence-electron chi connectivity index (χ3n) is 20.3. The predicted octanol–water partition coefficient (Wildman–Crippen LogP) is 24.0. The van der Waals surface area contributed by atoms with Crippen molar-refractivity contribution in [1.82, 2.24) is 9.13 Å². The summed E-state index contributed by atoms with van der Waals surface area (Å²) in [5.41, 5.74) is 26.1. The molecule has 0 bridgehead atoms. The Balaban J connectivity index is 0.967. The van der Waals surface area contributed by atoms with Crippen LogP contribution in [0.25, 0.3) is 87.3 Å². The molecule has 12 aromatic carbocycles. The smallest absolute Gasteiger partial charge is 0.0543 e. The van der Waals surface area contributed by atoms with E-state index in [1.165, 1.54) is 192 Å². The van der Waals surface area contributed by atoms with Crippen molar-refractivity contribution >= 4 is 110 Å². The molecule has 2 aliphatic rings. The van der Waals surface area contributed by atoms with E-state index in [1.807, 2.05) is 0 Å². The average molecular weight is 1140 g/mol. The van der Waals surface area contributed by atoms with Gasteiger partial charge in [0, 0.05) is 66.4 Å². The molecule has 2 aromatic heterocycles. The molecule has 16 rings (SSSR count). The third-order valence-corrected chi connectivity index (χ3v) is 20.3. The standard InChI is InChI=1S/C84H78N4/c1-51(2)55-31-35-59(36-32-55)85-77-27-15-13-25-65(77)73-47-61(39-45-79(73)85)87(75-29-17-21-57-19-9-11-23-63(57)75)81-49-71(53(5)6)67-42-44-70-82(50-72(54(7)8)68-41-43-69(81)83(67)84(68)70)88(76-30-18-22-58-20-10-12-24-64(58)76)62-40-46-80-74(48-62)66-26-14-16-28-78(66)86(80)60-37-33-56(34-38-60)52(3)4/h13-18,21-22,25-54H,9-12,19-20,23-24H2,1-8H3. The second kappa shape index (κ2) is 21.3. The molecule has 0 saturated carbocycles. The molecule has 4 heteroatoms. The van der Waals surface area contributed by atoms with E-state index in [4.69, 9.17) is 0 Å². The molecule has 0 fully saturated rings. The van der Waals surface area contributed by atoms with Gasteiger partial charge in [0.15, 0.2) is 0 Å². The van der Waals surface area contributed by atoms with E-state index in [0.717, 1.165) is 25.7 Å². The lowest BCUT2D eigenvalue weighted by Crippen LogP contribution is -2.17. The fourth-order valence-corrected chi connectivity index (χ4v) is 15.9. The lowest BCUT2D eigenvalue weighted by atomic mass is 9.83. The molecule has 0 atom stereocenters. The molecule has 2 aliphatic carbocycles. The average Bonchev–Trinajstić information content (AvgIpc) is 0.878. The first-order chi connectivity index (χ1) is 43.0. The van der Waals surface area contributed by atoms with Gasteiger partial charge in [0.05, 0.1) is 33.4 Å². The number of anilines is 6. The molecule has 0 saturated heterocycles. The summed E-state index contributed by atoms with van der Waals surface area (Å²) < 4.78 is 4.95. The van der Waals surface area contributed by atoms with Crippen LogP contribution in [0.5, 0.6) is 0 Å². The lowest BCUT2D eigenvalue weighted by Gasteiger charge is -2.34. The van der Waals surface area contributed by atoms with Gasteiger partial charge in [-0.2, -0.15) is 0 Å². The summed E-state index contributed by atoms with van der Waals surface area (Å²) in [7, 11) is 0. The molecule has 434 valence electrons. The molecule has 0 amide bonds. The van der Waals surface area contributed by atoms with Gasteiger partial charge in [-0.1, -0.05) is 165 Å². The summed E-state index contributed by atoms with van der Waals surface area (Å²) in [6.07, 6.45) is 9.19. The van der Waals surface area contributed by atoms with Gasteiger partial charge in [-0.15, -0.1) is 0 Å². The number of nitrogens with zero attached hydrogens (tertiary/aromatic N) is 4. The Bertz CT molecular complexity index is 4730. The van der Waals surface area contributed by atoms with Crippen molar-refractivity contribution in [3.05, 3.63) is 251 Å². The van der Waals surface area contributed by atoms with Crippen LogP contribution in [0.3, 0.4) is 0 Å². The quantitative estimate of drug-likeness (QED) is 0.113. The van der Waals surface area contributed by atoms with Crippen molar-refractivity contribution in [1.29, 1.82) is 0 Å². The highest BCUT2D eigenvalue weighted by atomic mass is 15.2. The number of aromatic nitrogens is 2. The molecule has 14 aromatic rings.